The van der Waals surface area contributed by atoms with E-state index in [0.29, 0.717) is 32.4 Å². The van der Waals surface area contributed by atoms with Crippen LogP contribution in [0.3, 0.4) is 0 Å². The summed E-state index contributed by atoms with van der Waals surface area (Å²) in [4.78, 5) is 63.1. The first-order valence-corrected chi connectivity index (χ1v) is 18.6. The number of methoxy groups -OCH3 is 2. The van der Waals surface area contributed by atoms with Crippen molar-refractivity contribution in [3.63, 3.8) is 0 Å². The molecule has 2 rings (SSSR count). The molecule has 1 heterocycles. The first-order chi connectivity index (χ1) is 24.6. The standard InChI is InChI=1S/C38H64N8O6/c1-12-25(4)34(45(9)38(50)32(27(6)42-43-39)41-37(49)33(24(2)3)44(7)8)30(51-10)23-31(47)46-22-16-19-29(46)35(52-11)26(5)36(48)40-21-20-28-17-14-13-15-18-28/h13-15,17-18,24-27,29-30,32-35H,12,16,19-23H2,1-11H3,(H,40,48)(H,41,49)/t25-,26+,27-,29-,30+,32+,33-,34-,35+/m0/s1. The molecule has 2 N–H and O–H groups in total. The van der Waals surface area contributed by atoms with Crippen molar-refractivity contribution in [2.24, 2.45) is 22.9 Å². The summed E-state index contributed by atoms with van der Waals surface area (Å²) in [5.74, 6) is -1.71. The number of likely N-dealkylation sites (N-methyl/N-ethyl adjacent to an activating group) is 2. The van der Waals surface area contributed by atoms with E-state index in [1.54, 1.807) is 45.0 Å². The van der Waals surface area contributed by atoms with Gasteiger partial charge in [0.1, 0.15) is 6.04 Å². The van der Waals surface area contributed by atoms with E-state index in [0.717, 1.165) is 12.0 Å². The third-order valence-electron chi connectivity index (χ3n) is 10.6. The average Bonchev–Trinajstić information content (AvgIpc) is 3.59. The van der Waals surface area contributed by atoms with E-state index in [1.165, 1.54) is 12.0 Å². The Morgan fingerprint density at radius 2 is 1.67 bits per heavy atom. The van der Waals surface area contributed by atoms with Gasteiger partial charge < -0.3 is 29.9 Å². The Balaban J connectivity index is 2.27. The summed E-state index contributed by atoms with van der Waals surface area (Å²) in [5, 5.41) is 9.68. The lowest BCUT2D eigenvalue weighted by Crippen LogP contribution is -2.60. The maximum atomic E-state index is 14.3. The SMILES string of the molecule is CC[C@H](C)[C@@H]([C@@H](CC(=O)N1CCC[C@H]1[C@H](OC)[C@@H](C)C(=O)NCCc1ccccc1)OC)N(C)C(=O)[C@H](NC(=O)[C@H](C(C)C)N(C)C)[C@H](C)N=[N+]=[N-]. The number of azide groups is 1. The number of amides is 4. The van der Waals surface area contributed by atoms with Crippen molar-refractivity contribution in [2.75, 3.05) is 48.5 Å². The molecule has 1 aliphatic rings. The normalized spacial score (nSPS) is 19.1. The summed E-state index contributed by atoms with van der Waals surface area (Å²) < 4.78 is 11.9. The smallest absolute Gasteiger partial charge is 0.245 e. The fourth-order valence-electron chi connectivity index (χ4n) is 7.57. The van der Waals surface area contributed by atoms with E-state index in [9.17, 15) is 24.7 Å². The van der Waals surface area contributed by atoms with Crippen LogP contribution in [0.5, 0.6) is 0 Å². The number of hydrogen-bond donors (Lipinski definition) is 2. The predicted molar refractivity (Wildman–Crippen MR) is 202 cm³/mol. The minimum Gasteiger partial charge on any atom is -0.379 e. The Bertz CT molecular complexity index is 1330. The predicted octanol–water partition coefficient (Wildman–Crippen LogP) is 4.04. The molecular weight excluding hydrogens is 664 g/mol. The summed E-state index contributed by atoms with van der Waals surface area (Å²) in [6.45, 7) is 12.3. The van der Waals surface area contributed by atoms with Crippen LogP contribution in [0.2, 0.25) is 0 Å². The minimum atomic E-state index is -1.14. The number of hydrogen-bond acceptors (Lipinski definition) is 8. The molecule has 0 spiro atoms. The van der Waals surface area contributed by atoms with Crippen molar-refractivity contribution in [3.8, 4) is 0 Å². The van der Waals surface area contributed by atoms with Crippen LogP contribution in [0.25, 0.3) is 10.4 Å². The summed E-state index contributed by atoms with van der Waals surface area (Å²) in [6, 6.07) is 6.56. The first-order valence-electron chi connectivity index (χ1n) is 18.6. The van der Waals surface area contributed by atoms with E-state index < -0.39 is 48.2 Å². The van der Waals surface area contributed by atoms with Gasteiger partial charge in [0.25, 0.3) is 0 Å². The van der Waals surface area contributed by atoms with Gasteiger partial charge in [0.15, 0.2) is 0 Å². The van der Waals surface area contributed by atoms with Crippen LogP contribution >= 0.6 is 0 Å². The number of ether oxygens (including phenoxy) is 2. The third-order valence-corrected chi connectivity index (χ3v) is 10.6. The minimum absolute atomic E-state index is 0.00725. The highest BCUT2D eigenvalue weighted by Gasteiger charge is 2.43. The number of carbonyl (C=O) groups is 4. The molecule has 1 saturated heterocycles. The second-order valence-electron chi connectivity index (χ2n) is 14.7. The highest BCUT2D eigenvalue weighted by molar-refractivity contribution is 5.90. The zero-order valence-corrected chi connectivity index (χ0v) is 33.2. The molecule has 292 valence electrons. The molecule has 0 saturated carbocycles. The van der Waals surface area contributed by atoms with Gasteiger partial charge in [-0.15, -0.1) is 0 Å². The molecule has 1 aliphatic heterocycles. The van der Waals surface area contributed by atoms with Gasteiger partial charge in [-0.05, 0) is 56.3 Å². The Kier molecular flexibility index (Phi) is 18.6. The van der Waals surface area contributed by atoms with Gasteiger partial charge in [-0.25, -0.2) is 0 Å². The first kappa shape index (κ1) is 44.5. The molecule has 1 aromatic rings. The van der Waals surface area contributed by atoms with Crippen molar-refractivity contribution in [1.82, 2.24) is 25.3 Å². The Labute approximate surface area is 310 Å². The van der Waals surface area contributed by atoms with Crippen LogP contribution in [-0.2, 0) is 35.1 Å². The lowest BCUT2D eigenvalue weighted by molar-refractivity contribution is -0.147. The van der Waals surface area contributed by atoms with Gasteiger partial charge >= 0.3 is 0 Å². The number of likely N-dealkylation sites (tertiary alicyclic amines) is 1. The zero-order valence-electron chi connectivity index (χ0n) is 33.2. The Morgan fingerprint density at radius 3 is 2.21 bits per heavy atom. The molecule has 52 heavy (non-hydrogen) atoms. The van der Waals surface area contributed by atoms with Crippen molar-refractivity contribution < 1.29 is 28.7 Å². The van der Waals surface area contributed by atoms with Crippen LogP contribution in [0.15, 0.2) is 35.4 Å². The second kappa shape index (κ2) is 21.7. The molecule has 1 aromatic carbocycles. The molecule has 0 radical (unpaired) electrons. The molecule has 1 fully saturated rings. The fourth-order valence-corrected chi connectivity index (χ4v) is 7.57. The zero-order chi connectivity index (χ0) is 39.1. The Hall–Kier alpha value is -3.71. The van der Waals surface area contributed by atoms with Crippen molar-refractivity contribution in [1.29, 1.82) is 0 Å². The molecule has 4 amide bonds. The molecule has 0 bridgehead atoms. The number of nitrogens with one attached hydrogen (secondary N) is 2. The van der Waals surface area contributed by atoms with Gasteiger partial charge in [-0.2, -0.15) is 0 Å². The molecular formula is C38H64N8O6. The largest absolute Gasteiger partial charge is 0.379 e. The number of nitrogens with zero attached hydrogens (tertiary/aromatic N) is 6. The van der Waals surface area contributed by atoms with Gasteiger partial charge in [-0.3, -0.25) is 24.1 Å². The maximum absolute atomic E-state index is 14.3. The lowest BCUT2D eigenvalue weighted by Gasteiger charge is -2.41. The molecule has 0 aromatic heterocycles. The Morgan fingerprint density at radius 1 is 1.02 bits per heavy atom. The maximum Gasteiger partial charge on any atom is 0.245 e. The molecule has 9 atom stereocenters. The molecule has 14 nitrogen and oxygen atoms in total. The summed E-state index contributed by atoms with van der Waals surface area (Å²) in [6.07, 6.45) is 1.66. The highest BCUT2D eigenvalue weighted by Crippen LogP contribution is 2.29. The van der Waals surface area contributed by atoms with E-state index in [4.69, 9.17) is 9.47 Å². The van der Waals surface area contributed by atoms with E-state index in [1.807, 2.05) is 65.0 Å². The summed E-state index contributed by atoms with van der Waals surface area (Å²) in [7, 11) is 8.34. The molecule has 14 heteroatoms. The van der Waals surface area contributed by atoms with E-state index in [2.05, 4.69) is 20.7 Å². The second-order valence-corrected chi connectivity index (χ2v) is 14.7. The van der Waals surface area contributed by atoms with Gasteiger partial charge in [0.05, 0.1) is 48.7 Å². The number of rotatable bonds is 21. The number of benzene rings is 1. The summed E-state index contributed by atoms with van der Waals surface area (Å²) in [5.41, 5.74) is 10.4. The lowest BCUT2D eigenvalue weighted by atomic mass is 9.89. The van der Waals surface area contributed by atoms with Crippen LogP contribution in [0, 0.1) is 17.8 Å². The average molecular weight is 729 g/mol. The molecule has 0 aliphatic carbocycles. The summed E-state index contributed by atoms with van der Waals surface area (Å²) >= 11 is 0. The highest BCUT2D eigenvalue weighted by atomic mass is 16.5. The van der Waals surface area contributed by atoms with Crippen LogP contribution in [0.1, 0.15) is 72.8 Å². The van der Waals surface area contributed by atoms with Crippen molar-refractivity contribution in [3.05, 3.63) is 46.3 Å². The topological polar surface area (TPSA) is 169 Å². The van der Waals surface area contributed by atoms with Crippen LogP contribution in [-0.4, -0.2) is 129 Å². The van der Waals surface area contributed by atoms with Crippen molar-refractivity contribution >= 4 is 23.6 Å². The number of carbonyl (C=O) groups excluding carboxylic acids is 4. The third kappa shape index (κ3) is 11.9. The monoisotopic (exact) mass is 728 g/mol. The van der Waals surface area contributed by atoms with Crippen LogP contribution < -0.4 is 10.6 Å². The fraction of sp³-hybridized carbons (Fsp3) is 0.737. The van der Waals surface area contributed by atoms with Crippen molar-refractivity contribution in [2.45, 2.75) is 116 Å². The van der Waals surface area contributed by atoms with Gasteiger partial charge in [0.2, 0.25) is 23.6 Å². The molecule has 0 unspecified atom stereocenters. The van der Waals surface area contributed by atoms with E-state index >= 15 is 0 Å². The van der Waals surface area contributed by atoms with Gasteiger partial charge in [-0.1, -0.05) is 83.4 Å². The van der Waals surface area contributed by atoms with Crippen LogP contribution in [0.4, 0.5) is 0 Å². The van der Waals surface area contributed by atoms with E-state index in [-0.39, 0.29) is 42.0 Å². The quantitative estimate of drug-likeness (QED) is 0.109. The van der Waals surface area contributed by atoms with Gasteiger partial charge in [0, 0.05) is 39.3 Å².